The number of benzene rings is 4. The fourth-order valence-corrected chi connectivity index (χ4v) is 4.08. The number of ketones is 2. The molecule has 0 aromatic heterocycles. The summed E-state index contributed by atoms with van der Waals surface area (Å²) in [5, 5.41) is 3.99. The van der Waals surface area contributed by atoms with Gasteiger partial charge < -0.3 is 4.79 Å². The number of Topliss-reactive ketones (excluding diaryl/α,β-unsaturated/α-hetero) is 2. The van der Waals surface area contributed by atoms with E-state index in [0.717, 1.165) is 39.0 Å². The highest BCUT2D eigenvalue weighted by Gasteiger charge is 2.30. The Morgan fingerprint density at radius 1 is 0.700 bits per heavy atom. The molecule has 3 nitrogen and oxygen atoms in total. The van der Waals surface area contributed by atoms with Gasteiger partial charge in [-0.3, -0.25) is 9.59 Å². The molecule has 0 amide bonds. The molecule has 4 aromatic carbocycles. The smallest absolute Gasteiger partial charge is 0.210 e. The highest BCUT2D eigenvalue weighted by Crippen LogP contribution is 2.35. The van der Waals surface area contributed by atoms with Gasteiger partial charge in [0.2, 0.25) is 5.78 Å². The molecule has 148 valence electrons. The number of unbranched alkanes of at least 4 members (excludes halogenated alkanes) is 1. The van der Waals surface area contributed by atoms with E-state index in [1.54, 1.807) is 0 Å². The van der Waals surface area contributed by atoms with Crippen LogP contribution in [0.4, 0.5) is 0 Å². The molecule has 0 bridgehead atoms. The van der Waals surface area contributed by atoms with Crippen LogP contribution in [0, 0.1) is 0 Å². The average Bonchev–Trinajstić information content (AvgIpc) is 2.79. The Kier molecular flexibility index (Phi) is 5.80. The predicted octanol–water partition coefficient (Wildman–Crippen LogP) is 5.63. The van der Waals surface area contributed by atoms with Crippen molar-refractivity contribution in [1.29, 1.82) is 0 Å². The maximum absolute atomic E-state index is 13.5. The molecule has 0 radical (unpaired) electrons. The molecule has 0 N–H and O–H groups in total. The number of rotatable bonds is 8. The highest BCUT2D eigenvalue weighted by molar-refractivity contribution is 6.40. The van der Waals surface area contributed by atoms with Crippen LogP contribution in [-0.4, -0.2) is 17.9 Å². The van der Waals surface area contributed by atoms with Crippen LogP contribution >= 0.6 is 0 Å². The van der Waals surface area contributed by atoms with Crippen molar-refractivity contribution in [1.82, 2.24) is 0 Å². The molecule has 3 heteroatoms. The largest absolute Gasteiger partial charge is 0.303 e. The lowest BCUT2D eigenvalue weighted by molar-refractivity contribution is -0.137. The van der Waals surface area contributed by atoms with E-state index in [1.807, 2.05) is 84.9 Å². The second kappa shape index (κ2) is 8.83. The zero-order chi connectivity index (χ0) is 20.9. The van der Waals surface area contributed by atoms with Crippen LogP contribution in [0.1, 0.15) is 36.3 Å². The van der Waals surface area contributed by atoms with Crippen molar-refractivity contribution in [3.63, 3.8) is 0 Å². The lowest BCUT2D eigenvalue weighted by atomic mass is 9.81. The predicted molar refractivity (Wildman–Crippen MR) is 120 cm³/mol. The SMILES string of the molecule is O=CCCCC(=O)C(=O)C(c1cccc2ccccc12)c1cccc2ccccc12. The molecule has 0 saturated heterocycles. The molecule has 0 aliphatic carbocycles. The molecule has 0 aliphatic heterocycles. The Hall–Kier alpha value is -3.59. The van der Waals surface area contributed by atoms with E-state index in [-0.39, 0.29) is 12.8 Å². The minimum absolute atomic E-state index is 0.0869. The lowest BCUT2D eigenvalue weighted by Gasteiger charge is -2.20. The highest BCUT2D eigenvalue weighted by atomic mass is 16.2. The van der Waals surface area contributed by atoms with Crippen molar-refractivity contribution in [2.45, 2.75) is 25.2 Å². The zero-order valence-corrected chi connectivity index (χ0v) is 16.6. The van der Waals surface area contributed by atoms with Gasteiger partial charge in [0, 0.05) is 12.8 Å². The van der Waals surface area contributed by atoms with Gasteiger partial charge in [0.25, 0.3) is 0 Å². The molecule has 4 aromatic rings. The van der Waals surface area contributed by atoms with Crippen molar-refractivity contribution in [3.8, 4) is 0 Å². The third kappa shape index (κ3) is 3.79. The maximum atomic E-state index is 13.5. The molecular formula is C27H22O3. The van der Waals surface area contributed by atoms with E-state index >= 15 is 0 Å². The van der Waals surface area contributed by atoms with Crippen LogP contribution in [0.25, 0.3) is 21.5 Å². The zero-order valence-electron chi connectivity index (χ0n) is 16.6. The van der Waals surface area contributed by atoms with Gasteiger partial charge in [-0.2, -0.15) is 0 Å². The van der Waals surface area contributed by atoms with E-state index in [9.17, 15) is 14.4 Å². The minimum atomic E-state index is -0.689. The summed E-state index contributed by atoms with van der Waals surface area (Å²) in [5.41, 5.74) is 1.66. The topological polar surface area (TPSA) is 51.2 Å². The van der Waals surface area contributed by atoms with Crippen LogP contribution in [0.3, 0.4) is 0 Å². The molecule has 30 heavy (non-hydrogen) atoms. The first-order valence-corrected chi connectivity index (χ1v) is 10.2. The van der Waals surface area contributed by atoms with Crippen LogP contribution in [-0.2, 0) is 14.4 Å². The Labute approximate surface area is 175 Å². The minimum Gasteiger partial charge on any atom is -0.303 e. The Bertz CT molecular complexity index is 1150. The quantitative estimate of drug-likeness (QED) is 0.221. The molecule has 0 aliphatic rings. The third-order valence-corrected chi connectivity index (χ3v) is 5.53. The second-order valence-corrected chi connectivity index (χ2v) is 7.42. The van der Waals surface area contributed by atoms with E-state index in [1.165, 1.54) is 0 Å². The fraction of sp³-hybridized carbons (Fsp3) is 0.148. The van der Waals surface area contributed by atoms with Crippen LogP contribution in [0.15, 0.2) is 84.9 Å². The normalized spacial score (nSPS) is 11.1. The molecule has 4 rings (SSSR count). The first-order valence-electron chi connectivity index (χ1n) is 10.2. The summed E-state index contributed by atoms with van der Waals surface area (Å²) in [5.74, 6) is -1.54. The van der Waals surface area contributed by atoms with Crippen molar-refractivity contribution in [3.05, 3.63) is 96.1 Å². The Balaban J connectivity index is 1.90. The van der Waals surface area contributed by atoms with Crippen LogP contribution < -0.4 is 0 Å². The second-order valence-electron chi connectivity index (χ2n) is 7.42. The number of hydrogen-bond donors (Lipinski definition) is 0. The summed E-state index contributed by atoms with van der Waals surface area (Å²) < 4.78 is 0. The molecule has 0 spiro atoms. The van der Waals surface area contributed by atoms with Crippen molar-refractivity contribution < 1.29 is 14.4 Å². The van der Waals surface area contributed by atoms with Crippen molar-refractivity contribution in [2.75, 3.05) is 0 Å². The Morgan fingerprint density at radius 3 is 1.73 bits per heavy atom. The van der Waals surface area contributed by atoms with Gasteiger partial charge in [-0.25, -0.2) is 0 Å². The van der Waals surface area contributed by atoms with E-state index in [2.05, 4.69) is 0 Å². The maximum Gasteiger partial charge on any atom is 0.210 e. The van der Waals surface area contributed by atoms with Gasteiger partial charge in [-0.1, -0.05) is 84.9 Å². The van der Waals surface area contributed by atoms with Gasteiger partial charge in [0.15, 0.2) is 5.78 Å². The third-order valence-electron chi connectivity index (χ3n) is 5.53. The number of fused-ring (bicyclic) bond motifs is 2. The van der Waals surface area contributed by atoms with Gasteiger partial charge in [-0.15, -0.1) is 0 Å². The molecule has 0 heterocycles. The molecule has 0 fully saturated rings. The van der Waals surface area contributed by atoms with E-state index in [0.29, 0.717) is 6.42 Å². The first-order chi connectivity index (χ1) is 14.7. The van der Waals surface area contributed by atoms with Gasteiger partial charge in [0.05, 0.1) is 5.92 Å². The standard InChI is InChI=1S/C27H22O3/c28-18-6-5-17-25(29)27(30)26(23-15-7-11-19-9-1-3-13-21(19)23)24-16-8-12-20-10-2-4-14-22(20)24/h1-4,7-16,18,26H,5-6,17H2. The summed E-state index contributed by atoms with van der Waals surface area (Å²) in [6.07, 6.45) is 1.55. The van der Waals surface area contributed by atoms with Crippen LogP contribution in [0.2, 0.25) is 0 Å². The summed E-state index contributed by atoms with van der Waals surface area (Å²) in [6, 6.07) is 27.6. The first kappa shape index (κ1) is 19.7. The number of aldehydes is 1. The molecule has 0 atom stereocenters. The number of carbonyl (C=O) groups excluding carboxylic acids is 3. The van der Waals surface area contributed by atoms with Gasteiger partial charge >= 0.3 is 0 Å². The fourth-order valence-electron chi connectivity index (χ4n) is 4.08. The summed E-state index contributed by atoms with van der Waals surface area (Å²) in [6.45, 7) is 0. The van der Waals surface area contributed by atoms with Crippen LogP contribution in [0.5, 0.6) is 0 Å². The Morgan fingerprint density at radius 2 is 1.20 bits per heavy atom. The number of hydrogen-bond acceptors (Lipinski definition) is 3. The summed E-state index contributed by atoms with van der Waals surface area (Å²) in [4.78, 5) is 36.9. The molecule has 0 saturated carbocycles. The lowest BCUT2D eigenvalue weighted by Crippen LogP contribution is -2.23. The van der Waals surface area contributed by atoms with E-state index < -0.39 is 17.5 Å². The molecular weight excluding hydrogens is 372 g/mol. The molecule has 0 unspecified atom stereocenters. The van der Waals surface area contributed by atoms with Gasteiger partial charge in [0.1, 0.15) is 6.29 Å². The van der Waals surface area contributed by atoms with Gasteiger partial charge in [-0.05, 0) is 39.1 Å². The number of carbonyl (C=O) groups is 3. The van der Waals surface area contributed by atoms with E-state index in [4.69, 9.17) is 0 Å². The summed E-state index contributed by atoms with van der Waals surface area (Å²) in [7, 11) is 0. The average molecular weight is 394 g/mol. The van der Waals surface area contributed by atoms with Crippen molar-refractivity contribution >= 4 is 39.4 Å². The van der Waals surface area contributed by atoms with Crippen molar-refractivity contribution in [2.24, 2.45) is 0 Å². The summed E-state index contributed by atoms with van der Waals surface area (Å²) >= 11 is 0. The monoisotopic (exact) mass is 394 g/mol.